The maximum Gasteiger partial charge on any atom is 0.494 e. The molecule has 0 aliphatic carbocycles. The van der Waals surface area contributed by atoms with E-state index >= 15 is 0 Å². The van der Waals surface area contributed by atoms with Crippen LogP contribution in [0.25, 0.3) is 10.9 Å². The van der Waals surface area contributed by atoms with Gasteiger partial charge in [0.2, 0.25) is 0 Å². The Kier molecular flexibility index (Phi) is 7.45. The van der Waals surface area contributed by atoms with E-state index < -0.39 is 23.9 Å². The van der Waals surface area contributed by atoms with Gasteiger partial charge >= 0.3 is 13.2 Å². The highest BCUT2D eigenvalue weighted by molar-refractivity contribution is 6.62. The predicted molar refractivity (Wildman–Crippen MR) is 161 cm³/mol. The van der Waals surface area contributed by atoms with Gasteiger partial charge in [0.25, 0.3) is 5.91 Å². The van der Waals surface area contributed by atoms with E-state index in [1.54, 1.807) is 16.0 Å². The third kappa shape index (κ3) is 5.72. The third-order valence-electron chi connectivity index (χ3n) is 8.31. The zero-order valence-corrected chi connectivity index (χ0v) is 25.4. The van der Waals surface area contributed by atoms with Crippen molar-refractivity contribution in [2.45, 2.75) is 84.2 Å². The molecule has 2 saturated heterocycles. The number of aryl methyl sites for hydroxylation is 1. The number of ether oxygens (including phenoxy) is 1. The van der Waals surface area contributed by atoms with Crippen molar-refractivity contribution in [2.75, 3.05) is 18.0 Å². The smallest absolute Gasteiger partial charge is 0.444 e. The summed E-state index contributed by atoms with van der Waals surface area (Å²) in [6.45, 7) is 14.6. The molecule has 1 unspecified atom stereocenters. The minimum absolute atomic E-state index is 0.178. The minimum Gasteiger partial charge on any atom is -0.444 e. The van der Waals surface area contributed by atoms with E-state index in [1.807, 2.05) is 103 Å². The number of amides is 2. The fraction of sp³-hybridized carbons (Fsp3) is 0.516. The molecule has 10 heteroatoms. The molecule has 1 atom stereocenters. The molecule has 3 aromatic rings. The Morgan fingerprint density at radius 2 is 1.71 bits per heavy atom. The van der Waals surface area contributed by atoms with Gasteiger partial charge in [-0.2, -0.15) is 0 Å². The van der Waals surface area contributed by atoms with E-state index in [0.717, 1.165) is 29.2 Å². The summed E-state index contributed by atoms with van der Waals surface area (Å²) in [6.07, 6.45) is 4.81. The lowest BCUT2D eigenvalue weighted by atomic mass is 9.79. The van der Waals surface area contributed by atoms with Gasteiger partial charge in [-0.1, -0.05) is 12.1 Å². The van der Waals surface area contributed by atoms with Gasteiger partial charge in [0, 0.05) is 43.5 Å². The van der Waals surface area contributed by atoms with Gasteiger partial charge in [-0.05, 0) is 91.0 Å². The third-order valence-corrected chi connectivity index (χ3v) is 8.31. The normalized spacial score (nSPS) is 20.3. The molecule has 0 saturated carbocycles. The van der Waals surface area contributed by atoms with Crippen LogP contribution in [0.15, 0.2) is 48.8 Å². The number of rotatable bonds is 4. The topological polar surface area (TPSA) is 86.1 Å². The summed E-state index contributed by atoms with van der Waals surface area (Å²) in [7, 11) is 1.43. The fourth-order valence-electron chi connectivity index (χ4n) is 5.39. The first-order valence-electron chi connectivity index (χ1n) is 14.3. The van der Waals surface area contributed by atoms with Gasteiger partial charge in [-0.15, -0.1) is 0 Å². The molecule has 5 rings (SSSR count). The quantitative estimate of drug-likeness (QED) is 0.422. The number of hydrogen-bond acceptors (Lipinski definition) is 6. The molecule has 2 aromatic heterocycles. The van der Waals surface area contributed by atoms with Gasteiger partial charge in [-0.3, -0.25) is 9.69 Å². The van der Waals surface area contributed by atoms with E-state index in [1.165, 1.54) is 0 Å². The van der Waals surface area contributed by atoms with E-state index in [4.69, 9.17) is 19.0 Å². The lowest BCUT2D eigenvalue weighted by molar-refractivity contribution is 0.00578. The molecule has 218 valence electrons. The van der Waals surface area contributed by atoms with Crippen molar-refractivity contribution in [3.63, 3.8) is 0 Å². The molecule has 2 amide bonds. The van der Waals surface area contributed by atoms with Crippen molar-refractivity contribution in [3.05, 3.63) is 54.4 Å². The predicted octanol–water partition coefficient (Wildman–Crippen LogP) is 4.92. The van der Waals surface area contributed by atoms with Crippen LogP contribution in [-0.4, -0.2) is 69.5 Å². The number of likely N-dealkylation sites (tertiary alicyclic amines) is 1. The van der Waals surface area contributed by atoms with Crippen LogP contribution in [0.3, 0.4) is 0 Å². The molecule has 4 heterocycles. The number of hydrogen-bond donors (Lipinski definition) is 0. The maximum absolute atomic E-state index is 14.3. The van der Waals surface area contributed by atoms with Crippen LogP contribution in [0, 0.1) is 0 Å². The van der Waals surface area contributed by atoms with Gasteiger partial charge in [-0.25, -0.2) is 9.78 Å². The highest BCUT2D eigenvalue weighted by Gasteiger charge is 2.51. The van der Waals surface area contributed by atoms with Crippen molar-refractivity contribution in [2.24, 2.45) is 7.05 Å². The van der Waals surface area contributed by atoms with Gasteiger partial charge in [0.15, 0.2) is 5.82 Å². The number of carbonyl (C=O) groups is 2. The Hall–Kier alpha value is -3.37. The number of carbonyl (C=O) groups excluding carboxylic acids is 2. The monoisotopic (exact) mass is 560 g/mol. The first-order chi connectivity index (χ1) is 19.2. The summed E-state index contributed by atoms with van der Waals surface area (Å²) in [5.41, 5.74) is 0.724. The molecular formula is C31H41BN4O5. The molecule has 2 fully saturated rings. The number of aromatic nitrogens is 2. The van der Waals surface area contributed by atoms with Crippen molar-refractivity contribution in [3.8, 4) is 0 Å². The van der Waals surface area contributed by atoms with Crippen LogP contribution < -0.4 is 10.4 Å². The Labute approximate surface area is 242 Å². The second-order valence-electron chi connectivity index (χ2n) is 13.1. The lowest BCUT2D eigenvalue weighted by Gasteiger charge is -2.39. The number of piperidine rings is 1. The van der Waals surface area contributed by atoms with Crippen LogP contribution in [0.1, 0.15) is 71.7 Å². The maximum atomic E-state index is 14.3. The van der Waals surface area contributed by atoms with Crippen molar-refractivity contribution in [1.82, 2.24) is 14.5 Å². The summed E-state index contributed by atoms with van der Waals surface area (Å²) in [6, 6.07) is 11.1. The minimum atomic E-state index is -0.603. The number of anilines is 1. The number of nitrogens with zero attached hydrogens (tertiary/aromatic N) is 4. The summed E-state index contributed by atoms with van der Waals surface area (Å²) in [4.78, 5) is 35.5. The molecule has 41 heavy (non-hydrogen) atoms. The molecule has 0 N–H and O–H groups in total. The van der Waals surface area contributed by atoms with E-state index in [0.29, 0.717) is 24.5 Å². The Bertz CT molecular complexity index is 1430. The van der Waals surface area contributed by atoms with Gasteiger partial charge < -0.3 is 23.5 Å². The summed E-state index contributed by atoms with van der Waals surface area (Å²) in [5.74, 6) is 0.397. The van der Waals surface area contributed by atoms with E-state index in [2.05, 4.69) is 0 Å². The van der Waals surface area contributed by atoms with E-state index in [9.17, 15) is 9.59 Å². The number of fused-ring (bicyclic) bond motifs is 1. The standard InChI is InChI=1S/C31H41BN4O5/c1-29(2,3)39-28(38)35-18-9-10-24(20-35)36(26-25-21(15-17-33-26)16-19-34(25)8)27(37)22-11-13-23(14-12-22)32-40-30(4,5)31(6,7)41-32/h11-17,19,24H,9-10,18,20H2,1-8H3. The Morgan fingerprint density at radius 1 is 1.05 bits per heavy atom. The first-order valence-corrected chi connectivity index (χ1v) is 14.3. The zero-order chi connectivity index (χ0) is 29.7. The summed E-state index contributed by atoms with van der Waals surface area (Å²) < 4.78 is 20.1. The molecule has 1 aromatic carbocycles. The molecule has 9 nitrogen and oxygen atoms in total. The number of pyridine rings is 1. The van der Waals surface area contributed by atoms with Gasteiger partial charge in [0.05, 0.1) is 22.8 Å². The molecule has 0 bridgehead atoms. The Balaban J connectivity index is 1.48. The van der Waals surface area contributed by atoms with Crippen LogP contribution in [0.5, 0.6) is 0 Å². The van der Waals surface area contributed by atoms with Crippen molar-refractivity contribution >= 4 is 41.3 Å². The highest BCUT2D eigenvalue weighted by Crippen LogP contribution is 2.36. The molecule has 2 aliphatic heterocycles. The van der Waals surface area contributed by atoms with Gasteiger partial charge in [0.1, 0.15) is 5.60 Å². The van der Waals surface area contributed by atoms with Crippen LogP contribution >= 0.6 is 0 Å². The SMILES string of the molecule is Cn1ccc2ccnc(N(C(=O)c3ccc(B4OC(C)(C)C(C)(C)O4)cc3)C3CCCN(C(=O)OC(C)(C)C)C3)c21. The largest absolute Gasteiger partial charge is 0.494 e. The molecule has 0 radical (unpaired) electrons. The Morgan fingerprint density at radius 3 is 2.34 bits per heavy atom. The average molecular weight is 561 g/mol. The second kappa shape index (κ2) is 10.5. The molecule has 2 aliphatic rings. The fourth-order valence-corrected chi connectivity index (χ4v) is 5.39. The van der Waals surface area contributed by atoms with Crippen molar-refractivity contribution < 1.29 is 23.6 Å². The zero-order valence-electron chi connectivity index (χ0n) is 25.4. The first kappa shape index (κ1) is 29.1. The van der Waals surface area contributed by atoms with Crippen LogP contribution in [0.2, 0.25) is 0 Å². The lowest BCUT2D eigenvalue weighted by Crippen LogP contribution is -2.53. The van der Waals surface area contributed by atoms with Crippen LogP contribution in [-0.2, 0) is 21.1 Å². The molecular weight excluding hydrogens is 519 g/mol. The van der Waals surface area contributed by atoms with Crippen LogP contribution in [0.4, 0.5) is 10.6 Å². The van der Waals surface area contributed by atoms with E-state index in [-0.39, 0.29) is 18.0 Å². The summed E-state index contributed by atoms with van der Waals surface area (Å²) >= 11 is 0. The second-order valence-corrected chi connectivity index (χ2v) is 13.1. The molecule has 0 spiro atoms. The number of benzene rings is 1. The average Bonchev–Trinajstić information content (AvgIpc) is 3.38. The highest BCUT2D eigenvalue weighted by atomic mass is 16.7. The van der Waals surface area contributed by atoms with Crippen molar-refractivity contribution in [1.29, 1.82) is 0 Å². The summed E-state index contributed by atoms with van der Waals surface area (Å²) in [5, 5.41) is 0.992.